The molecule has 13 atom stereocenters. The van der Waals surface area contributed by atoms with Crippen LogP contribution in [0, 0.1) is 52.3 Å². The first kappa shape index (κ1) is 21.4. The van der Waals surface area contributed by atoms with Gasteiger partial charge in [-0.1, -0.05) is 40.5 Å². The predicted molar refractivity (Wildman–Crippen MR) is 119 cm³/mol. The number of ether oxygens (including phenoxy) is 2. The van der Waals surface area contributed by atoms with Crippen molar-refractivity contribution in [3.8, 4) is 0 Å². The number of hydrogen-bond donors (Lipinski definition) is 2. The molecule has 6 aliphatic rings. The van der Waals surface area contributed by atoms with E-state index in [1.54, 1.807) is 0 Å². The monoisotopic (exact) mass is 432 g/mol. The summed E-state index contributed by atoms with van der Waals surface area (Å²) in [5, 5.41) is 23.5. The molecule has 2 heterocycles. The van der Waals surface area contributed by atoms with Gasteiger partial charge in [-0.25, -0.2) is 0 Å². The minimum absolute atomic E-state index is 0.163. The second kappa shape index (κ2) is 6.93. The maximum Gasteiger partial charge on any atom is 0.171 e. The standard InChI is InChI=1S/C27H44O4/c1-15-10-12-27(30-14-15)16(2)21-20(31-27)13-19-18-9-8-17-7-5-6-11-25(17,3)22(18)23(28)24(29)26(19,21)4/h15-24,28-29H,5-14H2,1-4H3/t15?,16-,17?,18-,19-,20-,21-,22+,23?,24?,25-,26-,27+/m0/s1. The van der Waals surface area contributed by atoms with Crippen LogP contribution in [0.15, 0.2) is 0 Å². The summed E-state index contributed by atoms with van der Waals surface area (Å²) in [5.74, 6) is 2.61. The van der Waals surface area contributed by atoms with Gasteiger partial charge in [-0.3, -0.25) is 0 Å². The number of aliphatic hydroxyl groups is 2. The van der Waals surface area contributed by atoms with Crippen LogP contribution in [0.4, 0.5) is 0 Å². The van der Waals surface area contributed by atoms with Crippen molar-refractivity contribution in [3.63, 3.8) is 0 Å². The molecule has 0 amide bonds. The zero-order chi connectivity index (χ0) is 21.8. The lowest BCUT2D eigenvalue weighted by Crippen LogP contribution is -2.65. The SMILES string of the molecule is CC1CC[C@@]2(OC1)O[C@H]1C[C@H]3[C@@H]4CCC5CCCC[C@]5(C)[C@H]4C(O)C(O)[C@]3(C)[C@H]1[C@@H]2C. The molecule has 4 unspecified atom stereocenters. The molecule has 0 bridgehead atoms. The van der Waals surface area contributed by atoms with Gasteiger partial charge in [0.05, 0.1) is 24.9 Å². The first-order chi connectivity index (χ1) is 14.7. The molecule has 4 nitrogen and oxygen atoms in total. The summed E-state index contributed by atoms with van der Waals surface area (Å²) in [6, 6.07) is 0. The van der Waals surface area contributed by atoms with E-state index in [0.717, 1.165) is 31.8 Å². The third-order valence-electron chi connectivity index (χ3n) is 12.0. The Balaban J connectivity index is 1.34. The molecule has 4 saturated carbocycles. The minimum atomic E-state index is -0.657. The Labute approximate surface area is 188 Å². The van der Waals surface area contributed by atoms with Gasteiger partial charge in [-0.05, 0) is 73.5 Å². The maximum absolute atomic E-state index is 11.8. The Hall–Kier alpha value is -0.160. The maximum atomic E-state index is 11.8. The van der Waals surface area contributed by atoms with Crippen LogP contribution in [0.25, 0.3) is 0 Å². The Bertz CT molecular complexity index is 716. The van der Waals surface area contributed by atoms with E-state index in [9.17, 15) is 10.2 Å². The van der Waals surface area contributed by atoms with E-state index in [-0.39, 0.29) is 34.7 Å². The van der Waals surface area contributed by atoms with Crippen LogP contribution in [0.1, 0.15) is 85.5 Å². The number of aliphatic hydroxyl groups excluding tert-OH is 2. The highest BCUT2D eigenvalue weighted by Crippen LogP contribution is 2.71. The van der Waals surface area contributed by atoms with Crippen LogP contribution in [0.5, 0.6) is 0 Å². The molecular weight excluding hydrogens is 388 g/mol. The van der Waals surface area contributed by atoms with E-state index in [2.05, 4.69) is 27.7 Å². The van der Waals surface area contributed by atoms with E-state index in [4.69, 9.17) is 9.47 Å². The Kier molecular flexibility index (Phi) is 4.78. The lowest BCUT2D eigenvalue weighted by Gasteiger charge is -2.63. The quantitative estimate of drug-likeness (QED) is 0.579. The first-order valence-electron chi connectivity index (χ1n) is 13.4. The summed E-state index contributed by atoms with van der Waals surface area (Å²) in [4.78, 5) is 0. The fraction of sp³-hybridized carbons (Fsp3) is 1.00. The molecule has 4 aliphatic carbocycles. The van der Waals surface area contributed by atoms with Crippen molar-refractivity contribution in [2.45, 2.75) is 110 Å². The Morgan fingerprint density at radius 1 is 0.903 bits per heavy atom. The first-order valence-corrected chi connectivity index (χ1v) is 13.4. The van der Waals surface area contributed by atoms with Gasteiger partial charge in [0.25, 0.3) is 0 Å². The van der Waals surface area contributed by atoms with Crippen LogP contribution in [0.2, 0.25) is 0 Å². The normalized spacial score (nSPS) is 63.3. The molecule has 0 aromatic rings. The molecule has 2 N–H and O–H groups in total. The molecule has 6 rings (SSSR count). The van der Waals surface area contributed by atoms with Crippen LogP contribution in [0.3, 0.4) is 0 Å². The van der Waals surface area contributed by atoms with Crippen molar-refractivity contribution in [2.24, 2.45) is 52.3 Å². The van der Waals surface area contributed by atoms with Crippen LogP contribution < -0.4 is 0 Å². The lowest BCUT2D eigenvalue weighted by atomic mass is 9.43. The summed E-state index contributed by atoms with van der Waals surface area (Å²) in [6.45, 7) is 10.1. The van der Waals surface area contributed by atoms with Crippen molar-refractivity contribution < 1.29 is 19.7 Å². The van der Waals surface area contributed by atoms with E-state index in [1.165, 1.54) is 38.5 Å². The average Bonchev–Trinajstić information content (AvgIpc) is 3.19. The fourth-order valence-electron chi connectivity index (χ4n) is 10.4. The predicted octanol–water partition coefficient (Wildman–Crippen LogP) is 4.76. The lowest BCUT2D eigenvalue weighted by molar-refractivity contribution is -0.277. The molecule has 176 valence electrons. The highest BCUT2D eigenvalue weighted by atomic mass is 16.7. The van der Waals surface area contributed by atoms with Crippen LogP contribution in [-0.2, 0) is 9.47 Å². The molecule has 4 heteroatoms. The number of fused-ring (bicyclic) bond motifs is 7. The van der Waals surface area contributed by atoms with Gasteiger partial charge in [-0.15, -0.1) is 0 Å². The molecular formula is C27H44O4. The number of rotatable bonds is 0. The van der Waals surface area contributed by atoms with E-state index in [1.807, 2.05) is 0 Å². The van der Waals surface area contributed by atoms with Crippen LogP contribution >= 0.6 is 0 Å². The Morgan fingerprint density at radius 3 is 2.45 bits per heavy atom. The van der Waals surface area contributed by atoms with Gasteiger partial charge < -0.3 is 19.7 Å². The average molecular weight is 433 g/mol. The van der Waals surface area contributed by atoms with Crippen molar-refractivity contribution in [1.29, 1.82) is 0 Å². The van der Waals surface area contributed by atoms with Crippen molar-refractivity contribution >= 4 is 0 Å². The van der Waals surface area contributed by atoms with Gasteiger partial charge >= 0.3 is 0 Å². The molecule has 2 saturated heterocycles. The third-order valence-corrected chi connectivity index (χ3v) is 12.0. The highest BCUT2D eigenvalue weighted by molar-refractivity contribution is 5.19. The summed E-state index contributed by atoms with van der Waals surface area (Å²) < 4.78 is 13.2. The van der Waals surface area contributed by atoms with E-state index < -0.39 is 18.0 Å². The van der Waals surface area contributed by atoms with Crippen molar-refractivity contribution in [1.82, 2.24) is 0 Å². The van der Waals surface area contributed by atoms with Gasteiger partial charge in [-0.2, -0.15) is 0 Å². The molecule has 6 fully saturated rings. The molecule has 0 aromatic carbocycles. The summed E-state index contributed by atoms with van der Waals surface area (Å²) >= 11 is 0. The second-order valence-corrected chi connectivity index (χ2v) is 13.1. The van der Waals surface area contributed by atoms with Crippen LogP contribution in [-0.4, -0.2) is 40.9 Å². The smallest absolute Gasteiger partial charge is 0.171 e. The molecule has 31 heavy (non-hydrogen) atoms. The molecule has 0 aromatic heterocycles. The van der Waals surface area contributed by atoms with Gasteiger partial charge in [0.2, 0.25) is 0 Å². The van der Waals surface area contributed by atoms with Gasteiger partial charge in [0.1, 0.15) is 0 Å². The van der Waals surface area contributed by atoms with Crippen molar-refractivity contribution in [3.05, 3.63) is 0 Å². The van der Waals surface area contributed by atoms with Crippen molar-refractivity contribution in [2.75, 3.05) is 6.61 Å². The zero-order valence-corrected chi connectivity index (χ0v) is 20.1. The summed E-state index contributed by atoms with van der Waals surface area (Å²) in [5.41, 5.74) is -0.0879. The molecule has 1 spiro atoms. The zero-order valence-electron chi connectivity index (χ0n) is 20.1. The largest absolute Gasteiger partial charge is 0.390 e. The molecule has 0 radical (unpaired) electrons. The van der Waals surface area contributed by atoms with Gasteiger partial charge in [0.15, 0.2) is 5.79 Å². The highest BCUT2D eigenvalue weighted by Gasteiger charge is 2.73. The van der Waals surface area contributed by atoms with E-state index >= 15 is 0 Å². The second-order valence-electron chi connectivity index (χ2n) is 13.1. The molecule has 2 aliphatic heterocycles. The Morgan fingerprint density at radius 2 is 1.71 bits per heavy atom. The van der Waals surface area contributed by atoms with Gasteiger partial charge in [0, 0.05) is 23.7 Å². The third kappa shape index (κ3) is 2.63. The summed E-state index contributed by atoms with van der Waals surface area (Å²) in [6.07, 6.45) is 9.75. The fourth-order valence-corrected chi connectivity index (χ4v) is 10.4. The van der Waals surface area contributed by atoms with E-state index in [0.29, 0.717) is 17.8 Å². The topological polar surface area (TPSA) is 58.9 Å². The minimum Gasteiger partial charge on any atom is -0.390 e. The number of hydrogen-bond acceptors (Lipinski definition) is 4. The summed E-state index contributed by atoms with van der Waals surface area (Å²) in [7, 11) is 0.